The first-order chi connectivity index (χ1) is 10.1. The molecule has 0 atom stereocenters. The van der Waals surface area contributed by atoms with Crippen LogP contribution in [0.15, 0.2) is 48.5 Å². The van der Waals surface area contributed by atoms with E-state index in [-0.39, 0.29) is 0 Å². The molecule has 2 aromatic carbocycles. The average molecular weight is 279 g/mol. The number of phenolic OH excluding ortho intramolecular Hbond substituents is 1. The van der Waals surface area contributed by atoms with Gasteiger partial charge in [0.25, 0.3) is 0 Å². The lowest BCUT2D eigenvalue weighted by Crippen LogP contribution is -2.13. The number of nitrogens with zero attached hydrogens (tertiary/aromatic N) is 1. The minimum atomic E-state index is 0.306. The Labute approximate surface area is 127 Å². The molecule has 108 valence electrons. The predicted octanol–water partition coefficient (Wildman–Crippen LogP) is 3.29. The molecule has 0 saturated carbocycles. The summed E-state index contributed by atoms with van der Waals surface area (Å²) >= 11 is 0. The molecule has 0 unspecified atom stereocenters. The van der Waals surface area contributed by atoms with E-state index in [0.29, 0.717) is 5.75 Å². The Bertz CT molecular complexity index is 636. The Morgan fingerprint density at radius 1 is 1.00 bits per heavy atom. The smallest absolute Gasteiger partial charge is 0.115 e. The first-order valence-corrected chi connectivity index (χ1v) is 7.19. The first kappa shape index (κ1) is 15.2. The molecule has 0 fully saturated rings. The normalized spacial score (nSPS) is 10.2. The molecule has 0 aliphatic carbocycles. The molecule has 2 rings (SSSR count). The van der Waals surface area contributed by atoms with Gasteiger partial charge in [0.1, 0.15) is 5.75 Å². The van der Waals surface area contributed by atoms with E-state index in [1.807, 2.05) is 42.5 Å². The molecule has 0 aliphatic heterocycles. The molecular weight excluding hydrogens is 258 g/mol. The second-order valence-corrected chi connectivity index (χ2v) is 5.36. The molecule has 0 bridgehead atoms. The number of phenols is 1. The first-order valence-electron chi connectivity index (χ1n) is 7.19. The fourth-order valence-electron chi connectivity index (χ4n) is 2.16. The Balaban J connectivity index is 2.17. The SMILES string of the molecule is CN(C)CCCc1cc(O)ccc1C#Cc1ccccc1. The predicted molar refractivity (Wildman–Crippen MR) is 87.4 cm³/mol. The van der Waals surface area contributed by atoms with E-state index < -0.39 is 0 Å². The molecule has 0 amide bonds. The van der Waals surface area contributed by atoms with Gasteiger partial charge in [-0.15, -0.1) is 0 Å². The average Bonchev–Trinajstić information content (AvgIpc) is 2.47. The van der Waals surface area contributed by atoms with Crippen molar-refractivity contribution in [2.24, 2.45) is 0 Å². The Morgan fingerprint density at radius 2 is 1.76 bits per heavy atom. The number of rotatable bonds is 4. The molecule has 0 aromatic heterocycles. The van der Waals surface area contributed by atoms with Crippen LogP contribution in [0.2, 0.25) is 0 Å². The number of aromatic hydroxyl groups is 1. The molecule has 1 N–H and O–H groups in total. The van der Waals surface area contributed by atoms with Crippen LogP contribution in [0.1, 0.15) is 23.1 Å². The van der Waals surface area contributed by atoms with Crippen molar-refractivity contribution >= 4 is 0 Å². The highest BCUT2D eigenvalue weighted by molar-refractivity contribution is 5.48. The molecule has 21 heavy (non-hydrogen) atoms. The van der Waals surface area contributed by atoms with E-state index in [9.17, 15) is 5.11 Å². The van der Waals surface area contributed by atoms with Crippen LogP contribution in [0, 0.1) is 11.8 Å². The van der Waals surface area contributed by atoms with Gasteiger partial charge in [-0.25, -0.2) is 0 Å². The highest BCUT2D eigenvalue weighted by Gasteiger charge is 2.02. The van der Waals surface area contributed by atoms with E-state index in [0.717, 1.165) is 36.1 Å². The van der Waals surface area contributed by atoms with Gasteiger partial charge in [-0.05, 0) is 69.4 Å². The van der Waals surface area contributed by atoms with Crippen molar-refractivity contribution in [1.82, 2.24) is 4.90 Å². The van der Waals surface area contributed by atoms with E-state index in [1.165, 1.54) is 0 Å². The van der Waals surface area contributed by atoms with Crippen molar-refractivity contribution in [3.8, 4) is 17.6 Å². The number of aryl methyl sites for hydroxylation is 1. The Hall–Kier alpha value is -2.24. The quantitative estimate of drug-likeness (QED) is 0.868. The number of hydrogen-bond donors (Lipinski definition) is 1. The molecule has 2 nitrogen and oxygen atoms in total. The second-order valence-electron chi connectivity index (χ2n) is 5.36. The summed E-state index contributed by atoms with van der Waals surface area (Å²) in [6.07, 6.45) is 1.97. The summed E-state index contributed by atoms with van der Waals surface area (Å²) in [6.45, 7) is 1.03. The summed E-state index contributed by atoms with van der Waals surface area (Å²) in [5.74, 6) is 6.70. The molecule has 2 aromatic rings. The van der Waals surface area contributed by atoms with Crippen LogP contribution in [0.25, 0.3) is 0 Å². The highest BCUT2D eigenvalue weighted by atomic mass is 16.3. The monoisotopic (exact) mass is 279 g/mol. The number of benzene rings is 2. The van der Waals surface area contributed by atoms with Crippen molar-refractivity contribution in [2.45, 2.75) is 12.8 Å². The van der Waals surface area contributed by atoms with Gasteiger partial charge in [-0.3, -0.25) is 0 Å². The fraction of sp³-hybridized carbons (Fsp3) is 0.263. The molecule has 0 saturated heterocycles. The van der Waals surface area contributed by atoms with Crippen LogP contribution in [0.4, 0.5) is 0 Å². The van der Waals surface area contributed by atoms with Crippen molar-refractivity contribution in [1.29, 1.82) is 0 Å². The number of hydrogen-bond acceptors (Lipinski definition) is 2. The fourth-order valence-corrected chi connectivity index (χ4v) is 2.16. The topological polar surface area (TPSA) is 23.5 Å². The van der Waals surface area contributed by atoms with Crippen LogP contribution in [0.5, 0.6) is 5.75 Å². The van der Waals surface area contributed by atoms with E-state index in [4.69, 9.17) is 0 Å². The third-order valence-corrected chi connectivity index (χ3v) is 3.26. The summed E-state index contributed by atoms with van der Waals surface area (Å²) in [5.41, 5.74) is 3.11. The zero-order chi connectivity index (χ0) is 15.1. The zero-order valence-electron chi connectivity index (χ0n) is 12.6. The van der Waals surface area contributed by atoms with Gasteiger partial charge in [0.15, 0.2) is 0 Å². The largest absolute Gasteiger partial charge is 0.508 e. The summed E-state index contributed by atoms with van der Waals surface area (Å²) in [4.78, 5) is 2.16. The minimum Gasteiger partial charge on any atom is -0.508 e. The minimum absolute atomic E-state index is 0.306. The molecule has 2 heteroatoms. The molecule has 0 radical (unpaired) electrons. The lowest BCUT2D eigenvalue weighted by atomic mass is 10.0. The van der Waals surface area contributed by atoms with Gasteiger partial charge in [0.2, 0.25) is 0 Å². The van der Waals surface area contributed by atoms with Gasteiger partial charge >= 0.3 is 0 Å². The molecule has 0 heterocycles. The maximum atomic E-state index is 9.67. The van der Waals surface area contributed by atoms with Crippen molar-refractivity contribution in [2.75, 3.05) is 20.6 Å². The molecular formula is C19H21NO. The third kappa shape index (κ3) is 4.98. The highest BCUT2D eigenvalue weighted by Crippen LogP contribution is 2.18. The van der Waals surface area contributed by atoms with Gasteiger partial charge in [0.05, 0.1) is 0 Å². The summed E-state index contributed by atoms with van der Waals surface area (Å²) in [6, 6.07) is 15.4. The second kappa shape index (κ2) is 7.52. The van der Waals surface area contributed by atoms with Crippen LogP contribution >= 0.6 is 0 Å². The summed E-state index contributed by atoms with van der Waals surface area (Å²) in [5, 5.41) is 9.67. The van der Waals surface area contributed by atoms with Crippen LogP contribution in [-0.4, -0.2) is 30.6 Å². The third-order valence-electron chi connectivity index (χ3n) is 3.26. The van der Waals surface area contributed by atoms with Crippen LogP contribution in [-0.2, 0) is 6.42 Å². The van der Waals surface area contributed by atoms with Gasteiger partial charge in [-0.2, -0.15) is 0 Å². The summed E-state index contributed by atoms with van der Waals surface area (Å²) < 4.78 is 0. The van der Waals surface area contributed by atoms with Crippen molar-refractivity contribution in [3.63, 3.8) is 0 Å². The Morgan fingerprint density at radius 3 is 2.48 bits per heavy atom. The Kier molecular flexibility index (Phi) is 5.43. The van der Waals surface area contributed by atoms with Crippen molar-refractivity contribution in [3.05, 3.63) is 65.2 Å². The van der Waals surface area contributed by atoms with Crippen LogP contribution < -0.4 is 0 Å². The van der Waals surface area contributed by atoms with Crippen molar-refractivity contribution < 1.29 is 5.11 Å². The van der Waals surface area contributed by atoms with Crippen LogP contribution in [0.3, 0.4) is 0 Å². The standard InChI is InChI=1S/C19H21NO/c1-20(2)14-6-9-18-15-19(21)13-12-17(18)11-10-16-7-4-3-5-8-16/h3-5,7-8,12-13,15,21H,6,9,14H2,1-2H3. The molecule has 0 aliphatic rings. The lowest BCUT2D eigenvalue weighted by molar-refractivity contribution is 0.400. The maximum Gasteiger partial charge on any atom is 0.115 e. The van der Waals surface area contributed by atoms with E-state index in [1.54, 1.807) is 6.07 Å². The summed E-state index contributed by atoms with van der Waals surface area (Å²) in [7, 11) is 4.14. The van der Waals surface area contributed by atoms with E-state index in [2.05, 4.69) is 30.8 Å². The lowest BCUT2D eigenvalue weighted by Gasteiger charge is -2.10. The molecule has 0 spiro atoms. The maximum absolute atomic E-state index is 9.67. The van der Waals surface area contributed by atoms with Gasteiger partial charge in [-0.1, -0.05) is 30.0 Å². The van der Waals surface area contributed by atoms with Gasteiger partial charge in [0, 0.05) is 11.1 Å². The van der Waals surface area contributed by atoms with Gasteiger partial charge < -0.3 is 10.0 Å². The zero-order valence-corrected chi connectivity index (χ0v) is 12.6. The van der Waals surface area contributed by atoms with E-state index >= 15 is 0 Å².